The van der Waals surface area contributed by atoms with Gasteiger partial charge in [0.2, 0.25) is 5.13 Å². The Bertz CT molecular complexity index is 773. The molecule has 0 atom stereocenters. The lowest BCUT2D eigenvalue weighted by atomic mass is 10.5. The molecule has 0 saturated carbocycles. The molecule has 0 spiro atoms. The van der Waals surface area contributed by atoms with Gasteiger partial charge in [0.1, 0.15) is 11.6 Å². The van der Waals surface area contributed by atoms with Crippen LogP contribution in [0.5, 0.6) is 0 Å². The molecule has 0 aliphatic carbocycles. The van der Waals surface area contributed by atoms with Gasteiger partial charge in [-0.05, 0) is 18.6 Å². The van der Waals surface area contributed by atoms with Crippen LogP contribution in [0.2, 0.25) is 0 Å². The quantitative estimate of drug-likeness (QED) is 0.764. The third-order valence-corrected chi connectivity index (χ3v) is 3.63. The first-order valence-electron chi connectivity index (χ1n) is 6.38. The predicted molar refractivity (Wildman–Crippen MR) is 77.2 cm³/mol. The monoisotopic (exact) mass is 290 g/mol. The summed E-state index contributed by atoms with van der Waals surface area (Å²) >= 11 is 1.44. The summed E-state index contributed by atoms with van der Waals surface area (Å²) in [6.07, 6.45) is 2.73. The molecule has 8 heteroatoms. The molecule has 104 valence electrons. The van der Waals surface area contributed by atoms with Gasteiger partial charge in [-0.1, -0.05) is 24.3 Å². The largest absolute Gasteiger partial charge is 0.360 e. The van der Waals surface area contributed by atoms with E-state index < -0.39 is 0 Å². The van der Waals surface area contributed by atoms with Gasteiger partial charge in [-0.2, -0.15) is 0 Å². The highest BCUT2D eigenvalue weighted by molar-refractivity contribution is 7.15. The molecule has 20 heavy (non-hydrogen) atoms. The first-order valence-corrected chi connectivity index (χ1v) is 7.20. The standard InChI is InChI=1S/C12H14N6OS/c1-2-6-13-11-15-14-10(20-11)8-18-12(19)17-7-4-3-5-9(17)16-18/h3-5,7H,2,6,8H2,1H3,(H,13,15). The lowest BCUT2D eigenvalue weighted by Crippen LogP contribution is -2.21. The molecule has 0 radical (unpaired) electrons. The average Bonchev–Trinajstić information content (AvgIpc) is 3.03. The number of nitrogens with one attached hydrogen (secondary N) is 1. The van der Waals surface area contributed by atoms with E-state index in [-0.39, 0.29) is 5.69 Å². The molecule has 0 bridgehead atoms. The molecule has 0 aliphatic heterocycles. The zero-order valence-corrected chi connectivity index (χ0v) is 11.8. The first kappa shape index (κ1) is 12.8. The van der Waals surface area contributed by atoms with Crippen molar-refractivity contribution in [2.75, 3.05) is 11.9 Å². The Morgan fingerprint density at radius 1 is 1.35 bits per heavy atom. The van der Waals surface area contributed by atoms with Crippen molar-refractivity contribution >= 4 is 22.1 Å². The van der Waals surface area contributed by atoms with E-state index in [4.69, 9.17) is 0 Å². The topological polar surface area (TPSA) is 77.1 Å². The number of rotatable bonds is 5. The number of nitrogens with zero attached hydrogens (tertiary/aromatic N) is 5. The van der Waals surface area contributed by atoms with E-state index in [1.54, 1.807) is 18.3 Å². The SMILES string of the molecule is CCCNc1nnc(Cn2nc3ccccn3c2=O)s1. The van der Waals surface area contributed by atoms with Gasteiger partial charge in [-0.3, -0.25) is 4.40 Å². The Morgan fingerprint density at radius 2 is 2.25 bits per heavy atom. The van der Waals surface area contributed by atoms with Crippen molar-refractivity contribution in [1.82, 2.24) is 24.4 Å². The molecule has 3 aromatic rings. The van der Waals surface area contributed by atoms with Crippen molar-refractivity contribution < 1.29 is 0 Å². The van der Waals surface area contributed by atoms with Gasteiger partial charge in [0, 0.05) is 12.7 Å². The van der Waals surface area contributed by atoms with Crippen LogP contribution in [-0.4, -0.2) is 30.9 Å². The second-order valence-electron chi connectivity index (χ2n) is 4.30. The summed E-state index contributed by atoms with van der Waals surface area (Å²) in [5.74, 6) is 0. The molecule has 3 rings (SSSR count). The molecule has 0 unspecified atom stereocenters. The fraction of sp³-hybridized carbons (Fsp3) is 0.333. The molecular formula is C12H14N6OS. The van der Waals surface area contributed by atoms with Crippen LogP contribution in [-0.2, 0) is 6.54 Å². The van der Waals surface area contributed by atoms with E-state index in [2.05, 4.69) is 27.5 Å². The van der Waals surface area contributed by atoms with E-state index in [9.17, 15) is 4.79 Å². The van der Waals surface area contributed by atoms with Crippen LogP contribution in [0, 0.1) is 0 Å². The maximum atomic E-state index is 12.1. The summed E-state index contributed by atoms with van der Waals surface area (Å²) in [6, 6.07) is 5.45. The molecular weight excluding hydrogens is 276 g/mol. The number of fused-ring (bicyclic) bond motifs is 1. The number of hydrogen-bond donors (Lipinski definition) is 1. The Kier molecular flexibility index (Phi) is 3.46. The molecule has 3 heterocycles. The van der Waals surface area contributed by atoms with Crippen molar-refractivity contribution in [3.8, 4) is 0 Å². The van der Waals surface area contributed by atoms with E-state index >= 15 is 0 Å². The second-order valence-corrected chi connectivity index (χ2v) is 5.36. The summed E-state index contributed by atoms with van der Waals surface area (Å²) in [4.78, 5) is 12.1. The Labute approximate surface area is 118 Å². The molecule has 3 aromatic heterocycles. The van der Waals surface area contributed by atoms with E-state index in [1.165, 1.54) is 20.4 Å². The maximum absolute atomic E-state index is 12.1. The number of anilines is 1. The van der Waals surface area contributed by atoms with E-state index in [0.29, 0.717) is 12.2 Å². The van der Waals surface area contributed by atoms with Crippen LogP contribution >= 0.6 is 11.3 Å². The van der Waals surface area contributed by atoms with E-state index in [1.807, 2.05) is 6.07 Å². The maximum Gasteiger partial charge on any atom is 0.350 e. The van der Waals surface area contributed by atoms with Gasteiger partial charge < -0.3 is 5.32 Å². The predicted octanol–water partition coefficient (Wildman–Crippen LogP) is 1.22. The van der Waals surface area contributed by atoms with Crippen LogP contribution < -0.4 is 11.0 Å². The molecule has 0 saturated heterocycles. The highest BCUT2D eigenvalue weighted by Crippen LogP contribution is 2.15. The van der Waals surface area contributed by atoms with Crippen LogP contribution in [0.15, 0.2) is 29.2 Å². The van der Waals surface area contributed by atoms with Crippen LogP contribution in [0.4, 0.5) is 5.13 Å². The van der Waals surface area contributed by atoms with Gasteiger partial charge >= 0.3 is 5.69 Å². The molecule has 0 fully saturated rings. The Morgan fingerprint density at radius 3 is 3.05 bits per heavy atom. The summed E-state index contributed by atoms with van der Waals surface area (Å²) in [5.41, 5.74) is 0.463. The van der Waals surface area contributed by atoms with Crippen LogP contribution in [0.25, 0.3) is 5.65 Å². The van der Waals surface area contributed by atoms with Crippen LogP contribution in [0.1, 0.15) is 18.4 Å². The van der Waals surface area contributed by atoms with Gasteiger partial charge in [0.05, 0.1) is 0 Å². The summed E-state index contributed by atoms with van der Waals surface area (Å²) in [6.45, 7) is 3.29. The molecule has 7 nitrogen and oxygen atoms in total. The molecule has 0 amide bonds. The van der Waals surface area contributed by atoms with Crippen molar-refractivity contribution in [1.29, 1.82) is 0 Å². The van der Waals surface area contributed by atoms with Crippen LogP contribution in [0.3, 0.4) is 0 Å². The van der Waals surface area contributed by atoms with Gasteiger partial charge in [0.15, 0.2) is 5.65 Å². The molecule has 0 aromatic carbocycles. The Hall–Kier alpha value is -2.22. The second kappa shape index (κ2) is 5.41. The molecule has 0 aliphatic rings. The zero-order chi connectivity index (χ0) is 13.9. The van der Waals surface area contributed by atoms with Gasteiger partial charge in [-0.25, -0.2) is 9.48 Å². The highest BCUT2D eigenvalue weighted by atomic mass is 32.1. The third-order valence-electron chi connectivity index (χ3n) is 2.77. The van der Waals surface area contributed by atoms with Crippen molar-refractivity contribution in [2.45, 2.75) is 19.9 Å². The Balaban J connectivity index is 1.84. The smallest absolute Gasteiger partial charge is 0.350 e. The fourth-order valence-corrected chi connectivity index (χ4v) is 2.57. The van der Waals surface area contributed by atoms with Gasteiger partial charge in [-0.15, -0.1) is 15.3 Å². The lowest BCUT2D eigenvalue weighted by Gasteiger charge is -1.95. The third kappa shape index (κ3) is 2.42. The minimum atomic E-state index is -0.168. The highest BCUT2D eigenvalue weighted by Gasteiger charge is 2.09. The number of hydrogen-bond acceptors (Lipinski definition) is 6. The average molecular weight is 290 g/mol. The van der Waals surface area contributed by atoms with Crippen molar-refractivity contribution in [3.05, 3.63) is 39.9 Å². The van der Waals surface area contributed by atoms with Crippen molar-refractivity contribution in [3.63, 3.8) is 0 Å². The number of pyridine rings is 1. The zero-order valence-electron chi connectivity index (χ0n) is 11.0. The van der Waals surface area contributed by atoms with Crippen molar-refractivity contribution in [2.24, 2.45) is 0 Å². The summed E-state index contributed by atoms with van der Waals surface area (Å²) < 4.78 is 2.91. The normalized spacial score (nSPS) is 11.1. The summed E-state index contributed by atoms with van der Waals surface area (Å²) in [5, 5.41) is 17.1. The minimum absolute atomic E-state index is 0.168. The fourth-order valence-electron chi connectivity index (χ4n) is 1.82. The summed E-state index contributed by atoms with van der Waals surface area (Å²) in [7, 11) is 0. The molecule has 1 N–H and O–H groups in total. The van der Waals surface area contributed by atoms with Gasteiger partial charge in [0.25, 0.3) is 0 Å². The first-order chi connectivity index (χ1) is 9.78. The number of aromatic nitrogens is 5. The lowest BCUT2D eigenvalue weighted by molar-refractivity contribution is 0.651. The minimum Gasteiger partial charge on any atom is -0.360 e. The van der Waals surface area contributed by atoms with E-state index in [0.717, 1.165) is 23.1 Å².